The van der Waals surface area contributed by atoms with Crippen molar-refractivity contribution in [3.05, 3.63) is 0 Å². The van der Waals surface area contributed by atoms with Crippen LogP contribution in [0.25, 0.3) is 0 Å². The number of rotatable bonds is 6. The Hall–Kier alpha value is -0.610. The molecule has 1 aliphatic rings. The van der Waals surface area contributed by atoms with E-state index >= 15 is 0 Å². The van der Waals surface area contributed by atoms with Gasteiger partial charge in [0.25, 0.3) is 0 Å². The van der Waals surface area contributed by atoms with Gasteiger partial charge in [-0.1, -0.05) is 6.92 Å². The van der Waals surface area contributed by atoms with Gasteiger partial charge in [-0.15, -0.1) is 0 Å². The summed E-state index contributed by atoms with van der Waals surface area (Å²) in [5.74, 6) is 0.212. The molecule has 2 unspecified atom stereocenters. The smallest absolute Gasteiger partial charge is 0.225 e. The summed E-state index contributed by atoms with van der Waals surface area (Å²) < 4.78 is 5.48. The fourth-order valence-electron chi connectivity index (χ4n) is 1.96. The number of carbonyl (C=O) groups excluding carboxylic acids is 1. The molecule has 0 aromatic rings. The summed E-state index contributed by atoms with van der Waals surface area (Å²) in [6, 6.07) is 0. The van der Waals surface area contributed by atoms with Crippen molar-refractivity contribution in [3.63, 3.8) is 0 Å². The molecule has 1 saturated heterocycles. The lowest BCUT2D eigenvalue weighted by Gasteiger charge is -2.16. The van der Waals surface area contributed by atoms with Crippen LogP contribution >= 0.6 is 0 Å². The first-order valence-corrected chi connectivity index (χ1v) is 5.89. The molecule has 0 spiro atoms. The van der Waals surface area contributed by atoms with Gasteiger partial charge in [0, 0.05) is 13.2 Å². The average Bonchev–Trinajstić information content (AvgIpc) is 2.72. The monoisotopic (exact) mass is 214 g/mol. The SMILES string of the molecule is CCC1OCCC1C(=O)NCCCCN. The largest absolute Gasteiger partial charge is 0.377 e. The van der Waals surface area contributed by atoms with Crippen molar-refractivity contribution in [2.24, 2.45) is 11.7 Å². The number of ether oxygens (including phenoxy) is 1. The maximum atomic E-state index is 11.8. The lowest BCUT2D eigenvalue weighted by atomic mass is 9.99. The number of hydrogen-bond donors (Lipinski definition) is 2. The third-order valence-electron chi connectivity index (χ3n) is 2.88. The Morgan fingerprint density at radius 1 is 1.53 bits per heavy atom. The van der Waals surface area contributed by atoms with E-state index in [1.54, 1.807) is 0 Å². The summed E-state index contributed by atoms with van der Waals surface area (Å²) in [7, 11) is 0. The van der Waals surface area contributed by atoms with E-state index in [2.05, 4.69) is 12.2 Å². The zero-order valence-corrected chi connectivity index (χ0v) is 9.50. The minimum absolute atomic E-state index is 0.0628. The highest BCUT2D eigenvalue weighted by molar-refractivity contribution is 5.79. The molecule has 4 nitrogen and oxygen atoms in total. The van der Waals surface area contributed by atoms with E-state index in [0.717, 1.165) is 38.8 Å². The average molecular weight is 214 g/mol. The molecule has 0 aromatic heterocycles. The molecule has 1 rings (SSSR count). The Labute approximate surface area is 91.5 Å². The maximum absolute atomic E-state index is 11.8. The first-order chi connectivity index (χ1) is 7.29. The van der Waals surface area contributed by atoms with Gasteiger partial charge in [-0.2, -0.15) is 0 Å². The Bertz CT molecular complexity index is 197. The van der Waals surface area contributed by atoms with Crippen LogP contribution in [0.3, 0.4) is 0 Å². The number of amides is 1. The van der Waals surface area contributed by atoms with Crippen LogP contribution in [0.4, 0.5) is 0 Å². The molecule has 15 heavy (non-hydrogen) atoms. The highest BCUT2D eigenvalue weighted by Crippen LogP contribution is 2.23. The normalized spacial score (nSPS) is 25.5. The van der Waals surface area contributed by atoms with Crippen molar-refractivity contribution >= 4 is 5.91 Å². The van der Waals surface area contributed by atoms with Gasteiger partial charge in [-0.25, -0.2) is 0 Å². The van der Waals surface area contributed by atoms with Gasteiger partial charge in [0.2, 0.25) is 5.91 Å². The number of nitrogens with two attached hydrogens (primary N) is 1. The zero-order chi connectivity index (χ0) is 11.1. The Kier molecular flexibility index (Phi) is 5.65. The molecule has 1 heterocycles. The molecule has 4 heteroatoms. The zero-order valence-electron chi connectivity index (χ0n) is 9.50. The van der Waals surface area contributed by atoms with Crippen LogP contribution in [0.1, 0.15) is 32.6 Å². The number of hydrogen-bond acceptors (Lipinski definition) is 3. The van der Waals surface area contributed by atoms with Gasteiger partial charge in [-0.3, -0.25) is 4.79 Å². The molecule has 1 aliphatic heterocycles. The van der Waals surface area contributed by atoms with Crippen LogP contribution in [-0.4, -0.2) is 31.7 Å². The van der Waals surface area contributed by atoms with E-state index < -0.39 is 0 Å². The predicted octanol–water partition coefficient (Wildman–Crippen LogP) is 0.657. The van der Waals surface area contributed by atoms with E-state index in [0.29, 0.717) is 6.54 Å². The minimum Gasteiger partial charge on any atom is -0.377 e. The van der Waals surface area contributed by atoms with E-state index in [9.17, 15) is 4.79 Å². The molecule has 88 valence electrons. The van der Waals surface area contributed by atoms with Crippen molar-refractivity contribution < 1.29 is 9.53 Å². The number of carbonyl (C=O) groups is 1. The Balaban J connectivity index is 2.21. The fraction of sp³-hybridized carbons (Fsp3) is 0.909. The quantitative estimate of drug-likeness (QED) is 0.638. The molecule has 1 fully saturated rings. The minimum atomic E-state index is 0.0628. The second-order valence-electron chi connectivity index (χ2n) is 4.00. The molecule has 0 aromatic carbocycles. The summed E-state index contributed by atoms with van der Waals surface area (Å²) >= 11 is 0. The third kappa shape index (κ3) is 3.80. The second kappa shape index (κ2) is 6.80. The summed E-state index contributed by atoms with van der Waals surface area (Å²) in [6.45, 7) is 4.22. The van der Waals surface area contributed by atoms with E-state index in [1.807, 2.05) is 0 Å². The number of nitrogens with one attached hydrogen (secondary N) is 1. The van der Waals surface area contributed by atoms with Gasteiger partial charge >= 0.3 is 0 Å². The van der Waals surface area contributed by atoms with Gasteiger partial charge in [-0.05, 0) is 32.2 Å². The van der Waals surface area contributed by atoms with Crippen molar-refractivity contribution in [1.82, 2.24) is 5.32 Å². The number of unbranched alkanes of at least 4 members (excludes halogenated alkanes) is 1. The van der Waals surface area contributed by atoms with E-state index in [4.69, 9.17) is 10.5 Å². The Morgan fingerprint density at radius 3 is 3.00 bits per heavy atom. The van der Waals surface area contributed by atoms with Crippen molar-refractivity contribution in [1.29, 1.82) is 0 Å². The van der Waals surface area contributed by atoms with Crippen molar-refractivity contribution in [2.75, 3.05) is 19.7 Å². The molecular formula is C11H22N2O2. The second-order valence-corrected chi connectivity index (χ2v) is 4.00. The van der Waals surface area contributed by atoms with E-state index in [1.165, 1.54) is 0 Å². The molecule has 2 atom stereocenters. The van der Waals surface area contributed by atoms with Crippen LogP contribution in [0, 0.1) is 5.92 Å². The van der Waals surface area contributed by atoms with Gasteiger partial charge < -0.3 is 15.8 Å². The van der Waals surface area contributed by atoms with Crippen molar-refractivity contribution in [3.8, 4) is 0 Å². The van der Waals surface area contributed by atoms with Gasteiger partial charge in [0.1, 0.15) is 0 Å². The summed E-state index contributed by atoms with van der Waals surface area (Å²) in [5.41, 5.74) is 5.38. The maximum Gasteiger partial charge on any atom is 0.225 e. The van der Waals surface area contributed by atoms with Crippen LogP contribution in [0.15, 0.2) is 0 Å². The molecule has 0 saturated carbocycles. The molecule has 0 radical (unpaired) electrons. The standard InChI is InChI=1S/C11H22N2O2/c1-2-10-9(5-8-15-10)11(14)13-7-4-3-6-12/h9-10H,2-8,12H2,1H3,(H,13,14). The first-order valence-electron chi connectivity index (χ1n) is 5.89. The van der Waals surface area contributed by atoms with Crippen LogP contribution < -0.4 is 11.1 Å². The van der Waals surface area contributed by atoms with Crippen LogP contribution in [0.5, 0.6) is 0 Å². The molecule has 0 bridgehead atoms. The molecular weight excluding hydrogens is 192 g/mol. The van der Waals surface area contributed by atoms with Crippen molar-refractivity contribution in [2.45, 2.75) is 38.7 Å². The van der Waals surface area contributed by atoms with E-state index in [-0.39, 0.29) is 17.9 Å². The van der Waals surface area contributed by atoms with Gasteiger partial charge in [0.15, 0.2) is 0 Å². The molecule has 1 amide bonds. The highest BCUT2D eigenvalue weighted by atomic mass is 16.5. The summed E-state index contributed by atoms with van der Waals surface area (Å²) in [4.78, 5) is 11.8. The van der Waals surface area contributed by atoms with Crippen LogP contribution in [-0.2, 0) is 9.53 Å². The molecule has 0 aliphatic carbocycles. The topological polar surface area (TPSA) is 64.3 Å². The first kappa shape index (κ1) is 12.5. The summed E-state index contributed by atoms with van der Waals surface area (Å²) in [5, 5.41) is 2.95. The van der Waals surface area contributed by atoms with Crippen LogP contribution in [0.2, 0.25) is 0 Å². The lowest BCUT2D eigenvalue weighted by molar-refractivity contribution is -0.126. The lowest BCUT2D eigenvalue weighted by Crippen LogP contribution is -2.35. The highest BCUT2D eigenvalue weighted by Gasteiger charge is 2.32. The Morgan fingerprint density at radius 2 is 2.33 bits per heavy atom. The summed E-state index contributed by atoms with van der Waals surface area (Å²) in [6.07, 6.45) is 3.84. The fourth-order valence-corrected chi connectivity index (χ4v) is 1.96. The third-order valence-corrected chi connectivity index (χ3v) is 2.88. The van der Waals surface area contributed by atoms with Gasteiger partial charge in [0.05, 0.1) is 12.0 Å². The molecule has 3 N–H and O–H groups in total. The predicted molar refractivity (Wildman–Crippen MR) is 59.4 cm³/mol.